The van der Waals surface area contributed by atoms with Crippen molar-refractivity contribution in [2.75, 3.05) is 0 Å². The zero-order valence-electron chi connectivity index (χ0n) is 15.0. The van der Waals surface area contributed by atoms with E-state index in [9.17, 15) is 4.79 Å². The number of hydrogen-bond donors (Lipinski definition) is 1. The number of hydrogen-bond acceptors (Lipinski definition) is 2. The van der Waals surface area contributed by atoms with Crippen molar-refractivity contribution in [2.45, 2.75) is 58.5 Å². The van der Waals surface area contributed by atoms with Crippen molar-refractivity contribution in [1.29, 1.82) is 0 Å². The molecule has 0 atom stereocenters. The minimum Gasteiger partial charge on any atom is -0.489 e. The predicted octanol–water partition coefficient (Wildman–Crippen LogP) is 5.87. The van der Waals surface area contributed by atoms with Crippen LogP contribution in [-0.4, -0.2) is 11.1 Å². The van der Waals surface area contributed by atoms with Crippen molar-refractivity contribution in [3.8, 4) is 5.75 Å². The maximum Gasteiger partial charge on any atom is 0.335 e. The second-order valence-electron chi connectivity index (χ2n) is 6.40. The normalized spacial score (nSPS) is 10.6. The molecule has 0 spiro atoms. The monoisotopic (exact) mass is 340 g/mol. The number of ether oxygens (including phenoxy) is 1. The third kappa shape index (κ3) is 6.61. The average Bonchev–Trinajstić information content (AvgIpc) is 2.64. The van der Waals surface area contributed by atoms with Crippen LogP contribution < -0.4 is 4.74 Å². The van der Waals surface area contributed by atoms with Crippen molar-refractivity contribution in [2.24, 2.45) is 0 Å². The van der Waals surface area contributed by atoms with E-state index < -0.39 is 5.97 Å². The van der Waals surface area contributed by atoms with Crippen LogP contribution in [0.5, 0.6) is 5.75 Å². The van der Waals surface area contributed by atoms with Gasteiger partial charge in [0.15, 0.2) is 0 Å². The van der Waals surface area contributed by atoms with Gasteiger partial charge in [-0.25, -0.2) is 4.79 Å². The molecule has 0 unspecified atom stereocenters. The van der Waals surface area contributed by atoms with Gasteiger partial charge in [0.25, 0.3) is 0 Å². The molecule has 0 heterocycles. The third-order valence-electron chi connectivity index (χ3n) is 4.41. The molecule has 25 heavy (non-hydrogen) atoms. The number of unbranched alkanes of at least 4 members (excludes halogenated alkanes) is 5. The van der Waals surface area contributed by atoms with Gasteiger partial charge in [-0.15, -0.1) is 0 Å². The summed E-state index contributed by atoms with van der Waals surface area (Å²) in [6.07, 6.45) is 8.87. The first-order chi connectivity index (χ1) is 12.2. The van der Waals surface area contributed by atoms with Gasteiger partial charge in [0.2, 0.25) is 0 Å². The standard InChI is InChI=1S/C22H28O3/c1-2-3-4-5-6-7-10-18-11-8-9-12-20(18)17-25-21-15-13-19(14-16-21)22(23)24/h8-9,11-16H,2-7,10,17H2,1H3,(H,23,24). The van der Waals surface area contributed by atoms with Crippen molar-refractivity contribution < 1.29 is 14.6 Å². The number of carboxylic acid groups (broad SMARTS) is 1. The third-order valence-corrected chi connectivity index (χ3v) is 4.41. The number of rotatable bonds is 11. The number of benzene rings is 2. The fourth-order valence-corrected chi connectivity index (χ4v) is 2.89. The van der Waals surface area contributed by atoms with Gasteiger partial charge < -0.3 is 9.84 Å². The topological polar surface area (TPSA) is 46.5 Å². The van der Waals surface area contributed by atoms with Crippen LogP contribution in [-0.2, 0) is 13.0 Å². The lowest BCUT2D eigenvalue weighted by atomic mass is 10.0. The first-order valence-electron chi connectivity index (χ1n) is 9.23. The molecule has 0 aliphatic rings. The molecule has 0 aromatic heterocycles. The highest BCUT2D eigenvalue weighted by Gasteiger charge is 2.05. The molecule has 0 saturated carbocycles. The van der Waals surface area contributed by atoms with E-state index in [2.05, 4.69) is 25.1 Å². The predicted molar refractivity (Wildman–Crippen MR) is 101 cm³/mol. The smallest absolute Gasteiger partial charge is 0.335 e. The Labute approximate surface area is 150 Å². The van der Waals surface area contributed by atoms with Crippen molar-refractivity contribution in [3.05, 3.63) is 65.2 Å². The van der Waals surface area contributed by atoms with E-state index in [1.165, 1.54) is 49.7 Å². The lowest BCUT2D eigenvalue weighted by molar-refractivity contribution is 0.0697. The van der Waals surface area contributed by atoms with E-state index in [4.69, 9.17) is 9.84 Å². The first-order valence-corrected chi connectivity index (χ1v) is 9.23. The maximum atomic E-state index is 10.9. The molecular formula is C22H28O3. The highest BCUT2D eigenvalue weighted by molar-refractivity contribution is 5.87. The van der Waals surface area contributed by atoms with Crippen molar-refractivity contribution >= 4 is 5.97 Å². The summed E-state index contributed by atoms with van der Waals surface area (Å²) in [4.78, 5) is 10.9. The second kappa shape index (κ2) is 10.5. The van der Waals surface area contributed by atoms with Crippen molar-refractivity contribution in [1.82, 2.24) is 0 Å². The molecule has 0 aliphatic carbocycles. The average molecular weight is 340 g/mol. The van der Waals surface area contributed by atoms with Gasteiger partial charge in [-0.3, -0.25) is 0 Å². The fraction of sp³-hybridized carbons (Fsp3) is 0.409. The summed E-state index contributed by atoms with van der Waals surface area (Å²) in [6.45, 7) is 2.75. The van der Waals surface area contributed by atoms with Gasteiger partial charge in [-0.1, -0.05) is 63.3 Å². The van der Waals surface area contributed by atoms with Crippen molar-refractivity contribution in [3.63, 3.8) is 0 Å². The maximum absolute atomic E-state index is 10.9. The molecule has 1 N–H and O–H groups in total. The number of carbonyl (C=O) groups is 1. The van der Waals surface area contributed by atoms with Gasteiger partial charge >= 0.3 is 5.97 Å². The summed E-state index contributed by atoms with van der Waals surface area (Å²) >= 11 is 0. The Kier molecular flexibility index (Phi) is 8.03. The number of aryl methyl sites for hydroxylation is 1. The first kappa shape index (κ1) is 19.0. The summed E-state index contributed by atoms with van der Waals surface area (Å²) in [5.74, 6) is -0.227. The summed E-state index contributed by atoms with van der Waals surface area (Å²) < 4.78 is 5.83. The molecule has 0 bridgehead atoms. The van der Waals surface area contributed by atoms with Gasteiger partial charge in [0, 0.05) is 0 Å². The molecule has 134 valence electrons. The Morgan fingerprint density at radius 1 is 0.880 bits per heavy atom. The van der Waals surface area contributed by atoms with E-state index >= 15 is 0 Å². The second-order valence-corrected chi connectivity index (χ2v) is 6.40. The molecule has 0 aliphatic heterocycles. The van der Waals surface area contributed by atoms with Crippen LogP contribution in [0.15, 0.2) is 48.5 Å². The van der Waals surface area contributed by atoms with Crippen LogP contribution >= 0.6 is 0 Å². The Bertz CT molecular complexity index is 647. The molecule has 2 aromatic rings. The summed E-state index contributed by atoms with van der Waals surface area (Å²) in [7, 11) is 0. The highest BCUT2D eigenvalue weighted by atomic mass is 16.5. The molecule has 0 radical (unpaired) electrons. The van der Waals surface area contributed by atoms with Gasteiger partial charge in [0.1, 0.15) is 12.4 Å². The van der Waals surface area contributed by atoms with Crippen LogP contribution in [0.25, 0.3) is 0 Å². The van der Waals surface area contributed by atoms with E-state index in [0.29, 0.717) is 12.4 Å². The minimum atomic E-state index is -0.921. The summed E-state index contributed by atoms with van der Waals surface area (Å²) in [5.41, 5.74) is 2.83. The largest absolute Gasteiger partial charge is 0.489 e. The van der Waals surface area contributed by atoms with Gasteiger partial charge in [0.05, 0.1) is 5.56 Å². The van der Waals surface area contributed by atoms with Crippen LogP contribution in [0.3, 0.4) is 0 Å². The van der Waals surface area contributed by atoms with Crippen LogP contribution in [0.1, 0.15) is 66.9 Å². The highest BCUT2D eigenvalue weighted by Crippen LogP contribution is 2.18. The number of carboxylic acids is 1. The Morgan fingerprint density at radius 3 is 2.20 bits per heavy atom. The lowest BCUT2D eigenvalue weighted by Gasteiger charge is -2.11. The minimum absolute atomic E-state index is 0.274. The number of aromatic carboxylic acids is 1. The zero-order valence-corrected chi connectivity index (χ0v) is 15.0. The zero-order chi connectivity index (χ0) is 17.9. The molecule has 3 heteroatoms. The molecule has 2 rings (SSSR count). The van der Waals surface area contributed by atoms with Gasteiger partial charge in [-0.05, 0) is 48.2 Å². The quantitative estimate of drug-likeness (QED) is 0.521. The SMILES string of the molecule is CCCCCCCCc1ccccc1COc1ccc(C(=O)O)cc1. The van der Waals surface area contributed by atoms with E-state index in [1.54, 1.807) is 24.3 Å². The summed E-state index contributed by atoms with van der Waals surface area (Å²) in [5, 5.41) is 8.93. The van der Waals surface area contributed by atoms with E-state index in [1.807, 2.05) is 6.07 Å². The summed E-state index contributed by atoms with van der Waals surface area (Å²) in [6, 6.07) is 15.0. The Hall–Kier alpha value is -2.29. The molecule has 3 nitrogen and oxygen atoms in total. The molecule has 0 saturated heterocycles. The van der Waals surface area contributed by atoms with Gasteiger partial charge in [-0.2, -0.15) is 0 Å². The lowest BCUT2D eigenvalue weighted by Crippen LogP contribution is -2.01. The Morgan fingerprint density at radius 2 is 1.52 bits per heavy atom. The Balaban J connectivity index is 1.84. The fourth-order valence-electron chi connectivity index (χ4n) is 2.89. The van der Waals surface area contributed by atoms with E-state index in [0.717, 1.165) is 6.42 Å². The van der Waals surface area contributed by atoms with E-state index in [-0.39, 0.29) is 5.56 Å². The van der Waals surface area contributed by atoms with Crippen LogP contribution in [0.2, 0.25) is 0 Å². The van der Waals surface area contributed by atoms with Crippen LogP contribution in [0.4, 0.5) is 0 Å². The molecule has 0 amide bonds. The van der Waals surface area contributed by atoms with Crippen LogP contribution in [0, 0.1) is 0 Å². The molecule has 0 fully saturated rings. The molecule has 2 aromatic carbocycles. The molecular weight excluding hydrogens is 312 g/mol.